The monoisotopic (exact) mass is 400 g/mol. The van der Waals surface area contributed by atoms with Crippen molar-refractivity contribution >= 4 is 23.3 Å². The van der Waals surface area contributed by atoms with E-state index in [-0.39, 0.29) is 17.6 Å². The van der Waals surface area contributed by atoms with Gasteiger partial charge in [0.15, 0.2) is 0 Å². The third kappa shape index (κ3) is 3.99. The van der Waals surface area contributed by atoms with Crippen molar-refractivity contribution in [3.05, 3.63) is 65.3 Å². The van der Waals surface area contributed by atoms with Crippen LogP contribution in [0.5, 0.6) is 0 Å². The average Bonchev–Trinajstić information content (AvgIpc) is 3.20. The molecule has 1 N–H and O–H groups in total. The lowest BCUT2D eigenvalue weighted by molar-refractivity contribution is 0.184. The number of amides is 2. The van der Waals surface area contributed by atoms with Crippen molar-refractivity contribution in [2.45, 2.75) is 18.8 Å². The number of nitrogens with zero attached hydrogens (tertiary/aromatic N) is 3. The van der Waals surface area contributed by atoms with Crippen LogP contribution in [0.1, 0.15) is 24.7 Å². The fourth-order valence-corrected chi connectivity index (χ4v) is 3.46. The molecule has 0 spiro atoms. The van der Waals surface area contributed by atoms with E-state index in [1.165, 1.54) is 12.1 Å². The minimum Gasteiger partial charge on any atom is -0.339 e. The first kappa shape index (κ1) is 18.4. The van der Waals surface area contributed by atoms with Crippen LogP contribution in [0.25, 0.3) is 11.4 Å². The Labute approximate surface area is 166 Å². The summed E-state index contributed by atoms with van der Waals surface area (Å²) in [7, 11) is 0. The van der Waals surface area contributed by atoms with Crippen LogP contribution in [-0.4, -0.2) is 34.2 Å². The number of rotatable bonds is 3. The number of piperidine rings is 1. The van der Waals surface area contributed by atoms with Crippen LogP contribution < -0.4 is 5.32 Å². The van der Waals surface area contributed by atoms with E-state index in [9.17, 15) is 9.18 Å². The van der Waals surface area contributed by atoms with Crippen molar-refractivity contribution in [3.8, 4) is 11.4 Å². The molecule has 0 radical (unpaired) electrons. The zero-order valence-electron chi connectivity index (χ0n) is 14.9. The standard InChI is InChI=1S/C20H18ClFN4O2/c21-15-7-3-5-13(11-15)18-24-19(28-25-18)14-6-4-10-26(12-14)20(27)23-17-9-2-1-8-16(17)22/h1-3,5,7-9,11,14H,4,6,10,12H2,(H,23,27). The number of carbonyl (C=O) groups is 1. The third-order valence-electron chi connectivity index (χ3n) is 4.70. The van der Waals surface area contributed by atoms with Crippen molar-refractivity contribution in [3.63, 3.8) is 0 Å². The molecule has 1 aliphatic rings. The highest BCUT2D eigenvalue weighted by Crippen LogP contribution is 2.28. The van der Waals surface area contributed by atoms with Crippen LogP contribution in [0.2, 0.25) is 5.02 Å². The number of hydrogen-bond acceptors (Lipinski definition) is 4. The van der Waals surface area contributed by atoms with Gasteiger partial charge in [0.25, 0.3) is 0 Å². The van der Waals surface area contributed by atoms with Gasteiger partial charge in [0.05, 0.1) is 11.6 Å². The van der Waals surface area contributed by atoms with Gasteiger partial charge in [-0.1, -0.05) is 41.0 Å². The molecule has 1 saturated heterocycles. The predicted molar refractivity (Wildman–Crippen MR) is 104 cm³/mol. The van der Waals surface area contributed by atoms with Gasteiger partial charge < -0.3 is 14.7 Å². The van der Waals surface area contributed by atoms with E-state index in [4.69, 9.17) is 16.1 Å². The summed E-state index contributed by atoms with van der Waals surface area (Å²) in [5, 5.41) is 7.25. The quantitative estimate of drug-likeness (QED) is 0.675. The molecule has 1 atom stereocenters. The Kier molecular flexibility index (Phi) is 5.25. The van der Waals surface area contributed by atoms with E-state index in [0.717, 1.165) is 18.4 Å². The number of anilines is 1. The van der Waals surface area contributed by atoms with Gasteiger partial charge in [-0.25, -0.2) is 9.18 Å². The van der Waals surface area contributed by atoms with Crippen LogP contribution >= 0.6 is 11.6 Å². The Balaban J connectivity index is 1.45. The topological polar surface area (TPSA) is 71.3 Å². The summed E-state index contributed by atoms with van der Waals surface area (Å²) >= 11 is 6.02. The Morgan fingerprint density at radius 3 is 2.93 bits per heavy atom. The first-order valence-electron chi connectivity index (χ1n) is 9.00. The normalized spacial score (nSPS) is 16.8. The van der Waals surface area contributed by atoms with Gasteiger partial charge in [0.1, 0.15) is 5.82 Å². The summed E-state index contributed by atoms with van der Waals surface area (Å²) in [6.45, 7) is 1.02. The van der Waals surface area contributed by atoms with Crippen molar-refractivity contribution in [2.24, 2.45) is 0 Å². The molecule has 2 amide bonds. The largest absolute Gasteiger partial charge is 0.339 e. The number of likely N-dealkylation sites (tertiary alicyclic amines) is 1. The Hall–Kier alpha value is -2.93. The predicted octanol–water partition coefficient (Wildman–Crippen LogP) is 4.94. The van der Waals surface area contributed by atoms with Gasteiger partial charge in [-0.05, 0) is 37.1 Å². The summed E-state index contributed by atoms with van der Waals surface area (Å²) in [6, 6.07) is 13.0. The SMILES string of the molecule is O=C(Nc1ccccc1F)N1CCCC(c2nc(-c3cccc(Cl)c3)no2)C1. The molecule has 6 nitrogen and oxygen atoms in total. The maximum absolute atomic E-state index is 13.8. The molecule has 0 aliphatic carbocycles. The van der Waals surface area contributed by atoms with E-state index < -0.39 is 5.82 Å². The lowest BCUT2D eigenvalue weighted by Crippen LogP contribution is -2.41. The molecule has 1 aromatic heterocycles. The van der Waals surface area contributed by atoms with E-state index in [1.54, 1.807) is 29.2 Å². The number of urea groups is 1. The lowest BCUT2D eigenvalue weighted by Gasteiger charge is -2.31. The van der Waals surface area contributed by atoms with E-state index in [0.29, 0.717) is 29.8 Å². The van der Waals surface area contributed by atoms with Crippen molar-refractivity contribution in [1.82, 2.24) is 15.0 Å². The number of aromatic nitrogens is 2. The number of nitrogens with one attached hydrogen (secondary N) is 1. The minimum absolute atomic E-state index is 0.0689. The number of para-hydroxylation sites is 1. The summed E-state index contributed by atoms with van der Waals surface area (Å²) in [4.78, 5) is 18.7. The van der Waals surface area contributed by atoms with E-state index in [2.05, 4.69) is 15.5 Å². The van der Waals surface area contributed by atoms with E-state index >= 15 is 0 Å². The second-order valence-electron chi connectivity index (χ2n) is 6.66. The summed E-state index contributed by atoms with van der Waals surface area (Å²) < 4.78 is 19.2. The first-order chi connectivity index (χ1) is 13.6. The smallest absolute Gasteiger partial charge is 0.321 e. The third-order valence-corrected chi connectivity index (χ3v) is 4.93. The summed E-state index contributed by atoms with van der Waals surface area (Å²) in [5.41, 5.74) is 0.933. The fourth-order valence-electron chi connectivity index (χ4n) is 3.27. The Morgan fingerprint density at radius 2 is 2.11 bits per heavy atom. The van der Waals surface area contributed by atoms with Crippen LogP contribution in [0, 0.1) is 5.82 Å². The van der Waals surface area contributed by atoms with Crippen LogP contribution in [0.3, 0.4) is 0 Å². The van der Waals surface area contributed by atoms with Crippen molar-refractivity contribution in [2.75, 3.05) is 18.4 Å². The fraction of sp³-hybridized carbons (Fsp3) is 0.250. The summed E-state index contributed by atoms with van der Waals surface area (Å²) in [6.07, 6.45) is 1.63. The van der Waals surface area contributed by atoms with Gasteiger partial charge in [0, 0.05) is 23.7 Å². The van der Waals surface area contributed by atoms with Crippen LogP contribution in [0.15, 0.2) is 53.1 Å². The molecule has 4 rings (SSSR count). The molecule has 3 aromatic rings. The Morgan fingerprint density at radius 1 is 1.25 bits per heavy atom. The van der Waals surface area contributed by atoms with Gasteiger partial charge in [-0.2, -0.15) is 4.98 Å². The molecule has 1 aliphatic heterocycles. The van der Waals surface area contributed by atoms with Gasteiger partial charge in [0.2, 0.25) is 11.7 Å². The van der Waals surface area contributed by atoms with Crippen LogP contribution in [-0.2, 0) is 0 Å². The number of carbonyl (C=O) groups excluding carboxylic acids is 1. The minimum atomic E-state index is -0.465. The zero-order valence-corrected chi connectivity index (χ0v) is 15.7. The molecule has 0 bridgehead atoms. The van der Waals surface area contributed by atoms with Crippen molar-refractivity contribution < 1.29 is 13.7 Å². The summed E-state index contributed by atoms with van der Waals surface area (Å²) in [5.74, 6) is 0.414. The molecule has 144 valence electrons. The Bertz CT molecular complexity index is 994. The van der Waals surface area contributed by atoms with E-state index in [1.807, 2.05) is 12.1 Å². The number of hydrogen-bond donors (Lipinski definition) is 1. The molecule has 1 fully saturated rings. The maximum atomic E-state index is 13.8. The number of benzene rings is 2. The van der Waals surface area contributed by atoms with Gasteiger partial charge in [-0.3, -0.25) is 0 Å². The second kappa shape index (κ2) is 7.98. The molecule has 2 heterocycles. The van der Waals surface area contributed by atoms with Gasteiger partial charge in [-0.15, -0.1) is 0 Å². The molecule has 0 saturated carbocycles. The van der Waals surface area contributed by atoms with Crippen LogP contribution in [0.4, 0.5) is 14.9 Å². The molecule has 28 heavy (non-hydrogen) atoms. The average molecular weight is 401 g/mol. The molecule has 1 unspecified atom stereocenters. The highest BCUT2D eigenvalue weighted by molar-refractivity contribution is 6.30. The number of halogens is 2. The second-order valence-corrected chi connectivity index (χ2v) is 7.10. The highest BCUT2D eigenvalue weighted by Gasteiger charge is 2.29. The highest BCUT2D eigenvalue weighted by atomic mass is 35.5. The zero-order chi connectivity index (χ0) is 19.5. The van der Waals surface area contributed by atoms with Crippen molar-refractivity contribution in [1.29, 1.82) is 0 Å². The lowest BCUT2D eigenvalue weighted by atomic mass is 9.98. The maximum Gasteiger partial charge on any atom is 0.321 e. The molecule has 2 aromatic carbocycles. The molecular formula is C20H18ClFN4O2. The molecule has 8 heteroatoms. The van der Waals surface area contributed by atoms with Gasteiger partial charge >= 0.3 is 6.03 Å². The first-order valence-corrected chi connectivity index (χ1v) is 9.38. The molecular weight excluding hydrogens is 383 g/mol.